The van der Waals surface area contributed by atoms with Crippen LogP contribution in [0.2, 0.25) is 0 Å². The summed E-state index contributed by atoms with van der Waals surface area (Å²) in [6.07, 6.45) is 3.13. The lowest BCUT2D eigenvalue weighted by atomic mass is 9.86. The number of carboxylic acids is 1. The predicted molar refractivity (Wildman–Crippen MR) is 69.4 cm³/mol. The molecule has 0 saturated heterocycles. The van der Waals surface area contributed by atoms with Crippen molar-refractivity contribution in [2.45, 2.75) is 32.6 Å². The van der Waals surface area contributed by atoms with Crippen LogP contribution in [0, 0.1) is 5.41 Å². The van der Waals surface area contributed by atoms with E-state index in [4.69, 9.17) is 0 Å². The maximum Gasteiger partial charge on any atom is 0.317 e. The van der Waals surface area contributed by atoms with Crippen molar-refractivity contribution in [2.24, 2.45) is 5.41 Å². The summed E-state index contributed by atoms with van der Waals surface area (Å²) in [6.45, 7) is 6.28. The number of carboxylic acid groups (broad SMARTS) is 1. The van der Waals surface area contributed by atoms with Crippen LogP contribution in [-0.4, -0.2) is 42.1 Å². The summed E-state index contributed by atoms with van der Waals surface area (Å²) < 4.78 is 0. The number of amides is 2. The van der Waals surface area contributed by atoms with Crippen molar-refractivity contribution in [1.29, 1.82) is 0 Å². The summed E-state index contributed by atoms with van der Waals surface area (Å²) in [5, 5.41) is 12.0. The van der Waals surface area contributed by atoms with E-state index in [1.165, 1.54) is 4.90 Å². The SMILES string of the molecule is C=C(C)CN(C)C(=O)NCC1(C(=O)O)CCCC1. The molecule has 2 amide bonds. The number of carbonyl (C=O) groups is 2. The molecule has 18 heavy (non-hydrogen) atoms. The Kier molecular flexibility index (Phi) is 4.76. The van der Waals surface area contributed by atoms with Crippen molar-refractivity contribution < 1.29 is 14.7 Å². The fraction of sp³-hybridized carbons (Fsp3) is 0.692. The second-order valence-electron chi connectivity index (χ2n) is 5.26. The molecule has 1 fully saturated rings. The highest BCUT2D eigenvalue weighted by Gasteiger charge is 2.41. The van der Waals surface area contributed by atoms with Gasteiger partial charge in [-0.1, -0.05) is 25.0 Å². The van der Waals surface area contributed by atoms with Gasteiger partial charge in [0.25, 0.3) is 0 Å². The van der Waals surface area contributed by atoms with Crippen LogP contribution in [0.4, 0.5) is 4.79 Å². The molecule has 2 N–H and O–H groups in total. The highest BCUT2D eigenvalue weighted by Crippen LogP contribution is 2.37. The van der Waals surface area contributed by atoms with E-state index < -0.39 is 11.4 Å². The number of nitrogens with one attached hydrogen (secondary N) is 1. The van der Waals surface area contributed by atoms with E-state index in [9.17, 15) is 14.7 Å². The summed E-state index contributed by atoms with van der Waals surface area (Å²) in [5.41, 5.74) is 0.126. The second kappa shape index (κ2) is 5.89. The van der Waals surface area contributed by atoms with Crippen LogP contribution in [-0.2, 0) is 4.79 Å². The van der Waals surface area contributed by atoms with Gasteiger partial charge in [-0.25, -0.2) is 4.79 Å². The van der Waals surface area contributed by atoms with Gasteiger partial charge in [-0.3, -0.25) is 4.79 Å². The second-order valence-corrected chi connectivity index (χ2v) is 5.26. The molecule has 0 aromatic heterocycles. The Balaban J connectivity index is 2.50. The Bertz CT molecular complexity index is 346. The number of hydrogen-bond donors (Lipinski definition) is 2. The van der Waals surface area contributed by atoms with Gasteiger partial charge >= 0.3 is 12.0 Å². The highest BCUT2D eigenvalue weighted by atomic mass is 16.4. The minimum absolute atomic E-state index is 0.210. The van der Waals surface area contributed by atoms with Gasteiger partial charge in [0.2, 0.25) is 0 Å². The van der Waals surface area contributed by atoms with Crippen molar-refractivity contribution in [1.82, 2.24) is 10.2 Å². The number of carbonyl (C=O) groups excluding carboxylic acids is 1. The molecule has 0 aromatic carbocycles. The maximum absolute atomic E-state index is 11.8. The van der Waals surface area contributed by atoms with Crippen molar-refractivity contribution in [2.75, 3.05) is 20.1 Å². The summed E-state index contributed by atoms with van der Waals surface area (Å²) >= 11 is 0. The van der Waals surface area contributed by atoms with Gasteiger partial charge in [0.05, 0.1) is 5.41 Å². The normalized spacial score (nSPS) is 17.2. The molecule has 0 heterocycles. The summed E-state index contributed by atoms with van der Waals surface area (Å²) in [4.78, 5) is 24.6. The summed E-state index contributed by atoms with van der Waals surface area (Å²) in [6, 6.07) is -0.245. The number of rotatable bonds is 5. The zero-order valence-corrected chi connectivity index (χ0v) is 11.2. The molecule has 1 rings (SSSR count). The molecule has 1 saturated carbocycles. The topological polar surface area (TPSA) is 69.6 Å². The minimum atomic E-state index is -0.803. The lowest BCUT2D eigenvalue weighted by molar-refractivity contribution is -0.148. The Morgan fingerprint density at radius 1 is 1.39 bits per heavy atom. The quantitative estimate of drug-likeness (QED) is 0.736. The predicted octanol–water partition coefficient (Wildman–Crippen LogP) is 1.85. The van der Waals surface area contributed by atoms with Crippen LogP contribution in [0.5, 0.6) is 0 Å². The molecular weight excluding hydrogens is 232 g/mol. The van der Waals surface area contributed by atoms with E-state index in [2.05, 4.69) is 11.9 Å². The Morgan fingerprint density at radius 3 is 2.39 bits per heavy atom. The molecule has 0 aromatic rings. The van der Waals surface area contributed by atoms with Crippen LogP contribution in [0.25, 0.3) is 0 Å². The Hall–Kier alpha value is -1.52. The molecule has 0 atom stereocenters. The number of likely N-dealkylation sites (N-methyl/N-ethyl adjacent to an activating group) is 1. The average Bonchev–Trinajstić information content (AvgIpc) is 2.74. The first-order valence-electron chi connectivity index (χ1n) is 6.24. The number of hydrogen-bond acceptors (Lipinski definition) is 2. The van der Waals surface area contributed by atoms with E-state index in [0.29, 0.717) is 19.4 Å². The molecule has 0 unspecified atom stereocenters. The van der Waals surface area contributed by atoms with Crippen molar-refractivity contribution in [3.63, 3.8) is 0 Å². The Morgan fingerprint density at radius 2 is 1.94 bits per heavy atom. The largest absolute Gasteiger partial charge is 0.481 e. The lowest BCUT2D eigenvalue weighted by Gasteiger charge is -2.26. The van der Waals surface area contributed by atoms with Crippen LogP contribution >= 0.6 is 0 Å². The number of aliphatic carboxylic acids is 1. The van der Waals surface area contributed by atoms with E-state index in [1.54, 1.807) is 7.05 Å². The zero-order chi connectivity index (χ0) is 13.8. The van der Waals surface area contributed by atoms with Crippen molar-refractivity contribution in [3.8, 4) is 0 Å². The molecule has 0 bridgehead atoms. The van der Waals surface area contributed by atoms with Crippen LogP contribution in [0.15, 0.2) is 12.2 Å². The summed E-state index contributed by atoms with van der Waals surface area (Å²) in [5.74, 6) is -0.803. The Labute approximate surface area is 108 Å². The standard InChI is InChI=1S/C13H22N2O3/c1-10(2)8-15(3)12(18)14-9-13(11(16)17)6-4-5-7-13/h1,4-9H2,2-3H3,(H,14,18)(H,16,17). The van der Waals surface area contributed by atoms with Crippen molar-refractivity contribution in [3.05, 3.63) is 12.2 Å². The minimum Gasteiger partial charge on any atom is -0.481 e. The fourth-order valence-electron chi connectivity index (χ4n) is 2.37. The molecule has 5 heteroatoms. The average molecular weight is 254 g/mol. The van der Waals surface area contributed by atoms with Crippen molar-refractivity contribution >= 4 is 12.0 Å². The molecule has 1 aliphatic carbocycles. The third-order valence-corrected chi connectivity index (χ3v) is 3.45. The van der Waals surface area contributed by atoms with Gasteiger partial charge in [-0.2, -0.15) is 0 Å². The van der Waals surface area contributed by atoms with Crippen LogP contribution in [0.3, 0.4) is 0 Å². The first kappa shape index (κ1) is 14.5. The van der Waals surface area contributed by atoms with E-state index in [1.807, 2.05) is 6.92 Å². The maximum atomic E-state index is 11.8. The molecule has 5 nitrogen and oxygen atoms in total. The molecule has 0 radical (unpaired) electrons. The zero-order valence-electron chi connectivity index (χ0n) is 11.2. The third kappa shape index (κ3) is 3.48. The van der Waals surface area contributed by atoms with Crippen LogP contribution < -0.4 is 5.32 Å². The monoisotopic (exact) mass is 254 g/mol. The molecule has 102 valence electrons. The molecular formula is C13H22N2O3. The molecule has 1 aliphatic rings. The summed E-state index contributed by atoms with van der Waals surface area (Å²) in [7, 11) is 1.67. The molecule has 0 aliphatic heterocycles. The first-order chi connectivity index (χ1) is 8.37. The molecule has 0 spiro atoms. The van der Waals surface area contributed by atoms with Gasteiger partial charge in [-0.15, -0.1) is 0 Å². The van der Waals surface area contributed by atoms with Crippen LogP contribution in [0.1, 0.15) is 32.6 Å². The first-order valence-corrected chi connectivity index (χ1v) is 6.24. The van der Waals surface area contributed by atoms with Gasteiger partial charge in [0.15, 0.2) is 0 Å². The van der Waals surface area contributed by atoms with Gasteiger partial charge < -0.3 is 15.3 Å². The van der Waals surface area contributed by atoms with E-state index in [-0.39, 0.29) is 12.6 Å². The number of nitrogens with zero attached hydrogens (tertiary/aromatic N) is 1. The smallest absolute Gasteiger partial charge is 0.317 e. The van der Waals surface area contributed by atoms with Gasteiger partial charge in [0, 0.05) is 20.1 Å². The number of urea groups is 1. The van der Waals surface area contributed by atoms with E-state index >= 15 is 0 Å². The van der Waals surface area contributed by atoms with E-state index in [0.717, 1.165) is 18.4 Å². The third-order valence-electron chi connectivity index (χ3n) is 3.45. The van der Waals surface area contributed by atoms with Gasteiger partial charge in [0.1, 0.15) is 0 Å². The lowest BCUT2D eigenvalue weighted by Crippen LogP contribution is -2.45. The van der Waals surface area contributed by atoms with Gasteiger partial charge in [-0.05, 0) is 19.8 Å². The highest BCUT2D eigenvalue weighted by molar-refractivity contribution is 5.78. The fourth-order valence-corrected chi connectivity index (χ4v) is 2.37.